The zero-order chi connectivity index (χ0) is 28.5. The topological polar surface area (TPSA) is 105 Å². The van der Waals surface area contributed by atoms with Crippen LogP contribution in [0.1, 0.15) is 63.5 Å². The Kier molecular flexibility index (Phi) is 7.65. The van der Waals surface area contributed by atoms with Gasteiger partial charge >= 0.3 is 0 Å². The smallest absolute Gasteiger partial charge is 0.263 e. The molecule has 2 saturated heterocycles. The first kappa shape index (κ1) is 27.1. The minimum absolute atomic E-state index is 0.00735. The number of benzene rings is 1. The lowest BCUT2D eigenvalue weighted by atomic mass is 10.0. The molecule has 1 aromatic carbocycles. The Morgan fingerprint density at radius 2 is 1.71 bits per heavy atom. The molecule has 1 atom stereocenters. The molecule has 3 N–H and O–H groups in total. The van der Waals surface area contributed by atoms with Crippen LogP contribution in [-0.2, 0) is 0 Å². The van der Waals surface area contributed by atoms with Gasteiger partial charge in [0.1, 0.15) is 11.5 Å². The van der Waals surface area contributed by atoms with Gasteiger partial charge in [-0.1, -0.05) is 12.8 Å². The predicted molar refractivity (Wildman–Crippen MR) is 168 cm³/mol. The van der Waals surface area contributed by atoms with Crippen molar-refractivity contribution in [2.45, 2.75) is 69.5 Å². The minimum atomic E-state index is -0.00735. The van der Waals surface area contributed by atoms with Crippen molar-refractivity contribution in [2.24, 2.45) is 0 Å². The number of likely N-dealkylation sites (tertiary alicyclic amines) is 1. The Balaban J connectivity index is 1.20. The largest absolute Gasteiger partial charge is 0.381 e. The second kappa shape index (κ2) is 11.9. The van der Waals surface area contributed by atoms with Crippen molar-refractivity contribution in [2.75, 3.05) is 43.9 Å². The van der Waals surface area contributed by atoms with E-state index in [1.54, 1.807) is 0 Å². The summed E-state index contributed by atoms with van der Waals surface area (Å²) in [6.07, 6.45) is 14.4. The van der Waals surface area contributed by atoms with Crippen molar-refractivity contribution in [1.82, 2.24) is 34.3 Å². The van der Waals surface area contributed by atoms with Crippen molar-refractivity contribution >= 4 is 28.4 Å². The molecule has 1 unspecified atom stereocenters. The number of hydrogen-bond donors (Lipinski definition) is 3. The number of nitrogens with zero attached hydrogens (tertiary/aromatic N) is 6. The van der Waals surface area contributed by atoms with Gasteiger partial charge in [-0.05, 0) is 95.5 Å². The Morgan fingerprint density at radius 1 is 0.929 bits per heavy atom. The van der Waals surface area contributed by atoms with Crippen LogP contribution in [0.15, 0.2) is 53.7 Å². The first-order valence-electron chi connectivity index (χ1n) is 15.6. The van der Waals surface area contributed by atoms with Crippen LogP contribution in [0.25, 0.3) is 22.4 Å². The van der Waals surface area contributed by atoms with Gasteiger partial charge in [0.15, 0.2) is 0 Å². The van der Waals surface area contributed by atoms with Gasteiger partial charge in [0.2, 0.25) is 5.95 Å². The van der Waals surface area contributed by atoms with E-state index in [0.29, 0.717) is 29.2 Å². The predicted octanol–water partition coefficient (Wildman–Crippen LogP) is 4.94. The van der Waals surface area contributed by atoms with Crippen molar-refractivity contribution in [1.29, 1.82) is 0 Å². The van der Waals surface area contributed by atoms with Crippen LogP contribution in [-0.4, -0.2) is 68.3 Å². The van der Waals surface area contributed by atoms with Gasteiger partial charge in [-0.25, -0.2) is 9.97 Å². The highest BCUT2D eigenvalue weighted by Gasteiger charge is 2.26. The monoisotopic (exact) mass is 567 g/mol. The summed E-state index contributed by atoms with van der Waals surface area (Å²) in [7, 11) is 2.17. The molecule has 0 radical (unpaired) electrons. The van der Waals surface area contributed by atoms with Crippen molar-refractivity contribution in [3.63, 3.8) is 0 Å². The number of fused-ring (bicyclic) bond motifs is 1. The summed E-state index contributed by atoms with van der Waals surface area (Å²) >= 11 is 0. The Bertz CT molecular complexity index is 1570. The standard InChI is InChI=1S/C32H41N9O/c1-39-16-12-26(13-17-39)40-18-15-34-30(40)28-19-22-20-35-32(38-29(22)41(31(28)42)27-6-2-3-7-27)37-24-10-8-23(9-11-24)36-25-5-4-14-33-21-25/h8-11,15,18-20,25-27,33,36H,2-7,12-14,16-17,21H2,1H3,(H,35,37,38). The van der Waals surface area contributed by atoms with Crippen LogP contribution in [0.5, 0.6) is 0 Å². The van der Waals surface area contributed by atoms with Crippen LogP contribution < -0.4 is 21.5 Å². The zero-order valence-electron chi connectivity index (χ0n) is 24.4. The number of hydrogen-bond acceptors (Lipinski definition) is 8. The molecule has 3 aliphatic rings. The molecule has 5 heterocycles. The summed E-state index contributed by atoms with van der Waals surface area (Å²) in [5.74, 6) is 1.24. The number of pyridine rings is 1. The van der Waals surface area contributed by atoms with Gasteiger partial charge in [-0.15, -0.1) is 0 Å². The van der Waals surface area contributed by atoms with E-state index in [4.69, 9.17) is 9.97 Å². The Morgan fingerprint density at radius 3 is 2.48 bits per heavy atom. The van der Waals surface area contributed by atoms with E-state index in [0.717, 1.165) is 87.3 Å². The van der Waals surface area contributed by atoms with E-state index in [1.807, 2.05) is 41.4 Å². The highest BCUT2D eigenvalue weighted by molar-refractivity contribution is 5.81. The summed E-state index contributed by atoms with van der Waals surface area (Å²) in [5.41, 5.74) is 3.34. The van der Waals surface area contributed by atoms with Crippen molar-refractivity contribution in [3.05, 3.63) is 59.3 Å². The van der Waals surface area contributed by atoms with Crippen LogP contribution in [0.3, 0.4) is 0 Å². The first-order chi connectivity index (χ1) is 20.6. The highest BCUT2D eigenvalue weighted by Crippen LogP contribution is 2.33. The van der Waals surface area contributed by atoms with Crippen molar-refractivity contribution in [3.8, 4) is 11.4 Å². The number of rotatable bonds is 7. The average molecular weight is 568 g/mol. The fraction of sp³-hybridized carbons (Fsp3) is 0.500. The molecule has 2 aliphatic heterocycles. The molecular formula is C32H41N9O. The van der Waals surface area contributed by atoms with Gasteiger partial charge < -0.3 is 25.4 Å². The summed E-state index contributed by atoms with van der Waals surface area (Å²) in [6.45, 7) is 4.20. The fourth-order valence-electron chi connectivity index (χ4n) is 6.92. The molecule has 0 bridgehead atoms. The first-order valence-corrected chi connectivity index (χ1v) is 15.6. The lowest BCUT2D eigenvalue weighted by Crippen LogP contribution is -2.38. The van der Waals surface area contributed by atoms with Crippen LogP contribution in [0, 0.1) is 0 Å². The molecule has 0 spiro atoms. The van der Waals surface area contributed by atoms with Gasteiger partial charge in [0.25, 0.3) is 5.56 Å². The quantitative estimate of drug-likeness (QED) is 0.288. The van der Waals surface area contributed by atoms with Crippen LogP contribution in [0.2, 0.25) is 0 Å². The van der Waals surface area contributed by atoms with Crippen molar-refractivity contribution < 1.29 is 0 Å². The van der Waals surface area contributed by atoms with E-state index in [1.165, 1.54) is 12.8 Å². The number of aromatic nitrogens is 5. The highest BCUT2D eigenvalue weighted by atomic mass is 16.1. The molecule has 7 rings (SSSR count). The van der Waals surface area contributed by atoms with Gasteiger partial charge in [0.05, 0.1) is 5.56 Å². The van der Waals surface area contributed by atoms with Crippen LogP contribution in [0.4, 0.5) is 17.3 Å². The fourth-order valence-corrected chi connectivity index (χ4v) is 6.92. The summed E-state index contributed by atoms with van der Waals surface area (Å²) in [4.78, 5) is 30.9. The lowest BCUT2D eigenvalue weighted by molar-refractivity contribution is 0.222. The van der Waals surface area contributed by atoms with E-state index in [-0.39, 0.29) is 11.6 Å². The molecule has 0 amide bonds. The third-order valence-corrected chi connectivity index (χ3v) is 9.26. The number of anilines is 3. The maximum atomic E-state index is 14.2. The normalized spacial score (nSPS) is 20.7. The van der Waals surface area contributed by atoms with Gasteiger partial charge in [0, 0.05) is 60.0 Å². The Labute approximate surface area is 246 Å². The number of nitrogens with one attached hydrogen (secondary N) is 3. The summed E-state index contributed by atoms with van der Waals surface area (Å²) < 4.78 is 4.15. The number of piperidine rings is 2. The SMILES string of the molecule is CN1CCC(n2ccnc2-c2cc3cnc(Nc4ccc(NC5CCCNC5)cc4)nc3n(C3CCCC3)c2=O)CC1. The molecule has 4 aromatic rings. The lowest BCUT2D eigenvalue weighted by Gasteiger charge is -2.30. The third kappa shape index (κ3) is 5.53. The summed E-state index contributed by atoms with van der Waals surface area (Å²) in [6, 6.07) is 11.1. The number of imidazole rings is 1. The maximum Gasteiger partial charge on any atom is 0.263 e. The van der Waals surface area contributed by atoms with Gasteiger partial charge in [-0.2, -0.15) is 4.98 Å². The molecule has 42 heavy (non-hydrogen) atoms. The second-order valence-electron chi connectivity index (χ2n) is 12.2. The van der Waals surface area contributed by atoms with E-state index >= 15 is 0 Å². The molecule has 10 nitrogen and oxygen atoms in total. The molecule has 3 fully saturated rings. The molecule has 10 heteroatoms. The Hall–Kier alpha value is -3.76. The second-order valence-corrected chi connectivity index (χ2v) is 12.2. The molecule has 1 aliphatic carbocycles. The average Bonchev–Trinajstić information content (AvgIpc) is 3.72. The van der Waals surface area contributed by atoms with E-state index < -0.39 is 0 Å². The molecule has 1 saturated carbocycles. The van der Waals surface area contributed by atoms with E-state index in [9.17, 15) is 4.79 Å². The summed E-state index contributed by atoms with van der Waals surface area (Å²) in [5, 5.41) is 11.3. The molecule has 220 valence electrons. The van der Waals surface area contributed by atoms with E-state index in [2.05, 4.69) is 49.6 Å². The minimum Gasteiger partial charge on any atom is -0.381 e. The zero-order valence-corrected chi connectivity index (χ0v) is 24.4. The van der Waals surface area contributed by atoms with Gasteiger partial charge in [-0.3, -0.25) is 9.36 Å². The maximum absolute atomic E-state index is 14.2. The van der Waals surface area contributed by atoms with Crippen LogP contribution >= 0.6 is 0 Å². The third-order valence-electron chi connectivity index (χ3n) is 9.26. The molecular weight excluding hydrogens is 526 g/mol. The molecule has 3 aromatic heterocycles.